The molecule has 0 amide bonds. The van der Waals surface area contributed by atoms with Crippen molar-refractivity contribution in [2.45, 2.75) is 50.7 Å². The number of piperidine rings is 1. The first-order valence-electron chi connectivity index (χ1n) is 14.8. The van der Waals surface area contributed by atoms with Crippen LogP contribution in [0.1, 0.15) is 44.6 Å². The first-order chi connectivity index (χ1) is 20.8. The highest BCUT2D eigenvalue weighted by atomic mass is 19.1. The van der Waals surface area contributed by atoms with Gasteiger partial charge in [0.2, 0.25) is 0 Å². The molecule has 0 aliphatic carbocycles. The summed E-state index contributed by atoms with van der Waals surface area (Å²) in [5.74, 6) is 1.77. The van der Waals surface area contributed by atoms with E-state index in [1.54, 1.807) is 0 Å². The van der Waals surface area contributed by atoms with Gasteiger partial charge in [-0.25, -0.2) is 13.2 Å². The molecule has 4 aromatic rings. The second kappa shape index (κ2) is 10.6. The van der Waals surface area contributed by atoms with Gasteiger partial charge in [0.15, 0.2) is 5.82 Å². The maximum atomic E-state index is 16.6. The SMILES string of the molecule is C#Cc1c(F)ccc2cc(O)cc(-c3ncc4c(N5CCC[C@@H](C)C5)nc(OC[C@@]56CCCN5C[C@H](F)C6)nc4c3F)c12. The molecule has 222 valence electrons. The summed E-state index contributed by atoms with van der Waals surface area (Å²) in [6, 6.07) is 5.48. The first kappa shape index (κ1) is 27.7. The summed E-state index contributed by atoms with van der Waals surface area (Å²) in [7, 11) is 0. The van der Waals surface area contributed by atoms with Crippen molar-refractivity contribution in [2.24, 2.45) is 5.92 Å². The van der Waals surface area contributed by atoms with E-state index in [0.717, 1.165) is 45.3 Å². The molecule has 0 spiro atoms. The molecule has 7 nitrogen and oxygen atoms in total. The van der Waals surface area contributed by atoms with Crippen LogP contribution in [0.3, 0.4) is 0 Å². The lowest BCUT2D eigenvalue weighted by Gasteiger charge is -2.33. The number of phenolic OH excluding ortho intramolecular Hbond substituents is 1. The topological polar surface area (TPSA) is 74.6 Å². The van der Waals surface area contributed by atoms with Crippen molar-refractivity contribution in [3.63, 3.8) is 0 Å². The zero-order valence-electron chi connectivity index (χ0n) is 23.9. The summed E-state index contributed by atoms with van der Waals surface area (Å²) in [5.41, 5.74) is -0.456. The molecule has 3 aliphatic rings. The van der Waals surface area contributed by atoms with Crippen molar-refractivity contribution in [3.05, 3.63) is 47.7 Å². The van der Waals surface area contributed by atoms with Gasteiger partial charge >= 0.3 is 6.01 Å². The van der Waals surface area contributed by atoms with Crippen molar-refractivity contribution < 1.29 is 23.0 Å². The van der Waals surface area contributed by atoms with Crippen molar-refractivity contribution in [3.8, 4) is 35.4 Å². The third kappa shape index (κ3) is 4.70. The number of rotatable bonds is 5. The van der Waals surface area contributed by atoms with E-state index in [1.165, 1.54) is 30.5 Å². The van der Waals surface area contributed by atoms with E-state index >= 15 is 4.39 Å². The zero-order valence-corrected chi connectivity index (χ0v) is 23.9. The number of anilines is 1. The predicted octanol–water partition coefficient (Wildman–Crippen LogP) is 6.00. The van der Waals surface area contributed by atoms with E-state index in [4.69, 9.17) is 16.1 Å². The van der Waals surface area contributed by atoms with Crippen molar-refractivity contribution in [1.29, 1.82) is 0 Å². The Balaban J connectivity index is 1.38. The Labute approximate surface area is 247 Å². The quantitative estimate of drug-likeness (QED) is 0.287. The van der Waals surface area contributed by atoms with E-state index in [9.17, 15) is 13.9 Å². The Morgan fingerprint density at radius 3 is 2.84 bits per heavy atom. The Hall–Kier alpha value is -4.10. The fraction of sp³-hybridized carbons (Fsp3) is 0.424. The van der Waals surface area contributed by atoms with Crippen LogP contribution in [-0.2, 0) is 0 Å². The van der Waals surface area contributed by atoms with Crippen LogP contribution in [0.5, 0.6) is 11.8 Å². The van der Waals surface area contributed by atoms with Crippen LogP contribution in [-0.4, -0.2) is 69.5 Å². The smallest absolute Gasteiger partial charge is 0.319 e. The lowest BCUT2D eigenvalue weighted by molar-refractivity contribution is 0.107. The Morgan fingerprint density at radius 2 is 2.02 bits per heavy atom. The molecule has 5 heterocycles. The van der Waals surface area contributed by atoms with E-state index in [0.29, 0.717) is 35.5 Å². The summed E-state index contributed by atoms with van der Waals surface area (Å²) >= 11 is 0. The van der Waals surface area contributed by atoms with Gasteiger partial charge in [0.25, 0.3) is 0 Å². The molecule has 3 saturated heterocycles. The zero-order chi connectivity index (χ0) is 29.9. The number of nitrogens with zero attached hydrogens (tertiary/aromatic N) is 5. The van der Waals surface area contributed by atoms with Crippen LogP contribution in [0.15, 0.2) is 30.5 Å². The predicted molar refractivity (Wildman–Crippen MR) is 159 cm³/mol. The normalized spacial score (nSPS) is 24.0. The molecule has 3 fully saturated rings. The van der Waals surface area contributed by atoms with Crippen LogP contribution in [0.4, 0.5) is 19.0 Å². The highest BCUT2D eigenvalue weighted by molar-refractivity contribution is 6.03. The first-order valence-corrected chi connectivity index (χ1v) is 14.8. The lowest BCUT2D eigenvalue weighted by atomic mass is 9.95. The van der Waals surface area contributed by atoms with Gasteiger partial charge in [-0.15, -0.1) is 6.42 Å². The molecule has 7 rings (SSSR count). The summed E-state index contributed by atoms with van der Waals surface area (Å²) in [6.45, 7) is 5.05. The number of aromatic nitrogens is 3. The molecule has 0 bridgehead atoms. The number of hydrogen-bond donors (Lipinski definition) is 1. The van der Waals surface area contributed by atoms with Crippen LogP contribution in [0, 0.1) is 29.9 Å². The minimum atomic E-state index is -0.909. The van der Waals surface area contributed by atoms with Gasteiger partial charge in [0.1, 0.15) is 41.4 Å². The maximum absolute atomic E-state index is 16.6. The molecular weight excluding hydrogens is 555 g/mol. The third-order valence-corrected chi connectivity index (χ3v) is 9.28. The van der Waals surface area contributed by atoms with Gasteiger partial charge in [-0.1, -0.05) is 18.9 Å². The van der Waals surface area contributed by atoms with E-state index < -0.39 is 23.3 Å². The highest BCUT2D eigenvalue weighted by Gasteiger charge is 2.49. The van der Waals surface area contributed by atoms with Gasteiger partial charge < -0.3 is 14.7 Å². The van der Waals surface area contributed by atoms with Crippen LogP contribution in [0.25, 0.3) is 32.9 Å². The minimum Gasteiger partial charge on any atom is -0.508 e. The molecule has 10 heteroatoms. The number of pyridine rings is 1. The number of fused-ring (bicyclic) bond motifs is 3. The largest absolute Gasteiger partial charge is 0.508 e. The van der Waals surface area contributed by atoms with Gasteiger partial charge in [0.05, 0.1) is 16.5 Å². The molecule has 3 atom stereocenters. The van der Waals surface area contributed by atoms with Crippen molar-refractivity contribution in [2.75, 3.05) is 37.7 Å². The Bertz CT molecular complexity index is 1790. The third-order valence-electron chi connectivity index (χ3n) is 9.28. The summed E-state index contributed by atoms with van der Waals surface area (Å²) in [6.07, 6.45) is 10.5. The highest BCUT2D eigenvalue weighted by Crippen LogP contribution is 2.42. The fourth-order valence-electron chi connectivity index (χ4n) is 7.30. The number of benzene rings is 2. The molecule has 3 aliphatic heterocycles. The lowest BCUT2D eigenvalue weighted by Crippen LogP contribution is -2.43. The van der Waals surface area contributed by atoms with Gasteiger partial charge in [-0.3, -0.25) is 9.88 Å². The van der Waals surface area contributed by atoms with Crippen LogP contribution < -0.4 is 9.64 Å². The van der Waals surface area contributed by atoms with Crippen LogP contribution in [0.2, 0.25) is 0 Å². The van der Waals surface area contributed by atoms with Crippen molar-refractivity contribution in [1.82, 2.24) is 19.9 Å². The number of alkyl halides is 1. The van der Waals surface area contributed by atoms with Gasteiger partial charge in [-0.05, 0) is 61.7 Å². The second-order valence-electron chi connectivity index (χ2n) is 12.2. The average Bonchev–Trinajstić information content (AvgIpc) is 3.51. The number of phenols is 1. The standard InChI is InChI=1S/C33H32F3N5O2/c1-3-23-26(35)8-7-20-12-22(42)13-24(27(20)23)29-28(36)30-25(15-37-29)31(40-10-4-6-19(2)16-40)39-32(38-30)43-18-33-9-5-11-41(33)17-21(34)14-33/h1,7-8,12-13,15,19,21,42H,4-6,9-11,14,16-18H2,2H3/t19-,21-,33+/m1/s1. The molecule has 2 aromatic heterocycles. The molecule has 2 aromatic carbocycles. The minimum absolute atomic E-state index is 0.00560. The summed E-state index contributed by atoms with van der Waals surface area (Å²) in [5, 5.41) is 11.6. The Morgan fingerprint density at radius 1 is 1.16 bits per heavy atom. The van der Waals surface area contributed by atoms with E-state index in [1.807, 2.05) is 0 Å². The van der Waals surface area contributed by atoms with Gasteiger partial charge in [-0.2, -0.15) is 9.97 Å². The number of ether oxygens (including phenoxy) is 1. The molecule has 0 radical (unpaired) electrons. The van der Waals surface area contributed by atoms with Crippen molar-refractivity contribution >= 4 is 27.5 Å². The molecule has 0 saturated carbocycles. The second-order valence-corrected chi connectivity index (χ2v) is 12.2. The number of terminal acetylenes is 1. The fourth-order valence-corrected chi connectivity index (χ4v) is 7.30. The molecule has 43 heavy (non-hydrogen) atoms. The number of halogens is 3. The number of hydrogen-bond acceptors (Lipinski definition) is 7. The molecule has 0 unspecified atom stereocenters. The molecule has 1 N–H and O–H groups in total. The summed E-state index contributed by atoms with van der Waals surface area (Å²) < 4.78 is 52.0. The van der Waals surface area contributed by atoms with E-state index in [2.05, 4.69) is 32.6 Å². The number of aromatic hydroxyl groups is 1. The maximum Gasteiger partial charge on any atom is 0.319 e. The Kier molecular flexibility index (Phi) is 6.81. The monoisotopic (exact) mass is 587 g/mol. The van der Waals surface area contributed by atoms with Gasteiger partial charge in [0, 0.05) is 43.2 Å². The van der Waals surface area contributed by atoms with Crippen LogP contribution >= 0.6 is 0 Å². The van der Waals surface area contributed by atoms with E-state index in [-0.39, 0.29) is 46.1 Å². The summed E-state index contributed by atoms with van der Waals surface area (Å²) in [4.78, 5) is 18.0. The average molecular weight is 588 g/mol. The molecular formula is C33H32F3N5O2.